The first-order valence-corrected chi connectivity index (χ1v) is 6.91. The third-order valence-corrected chi connectivity index (χ3v) is 4.53. The van der Waals surface area contributed by atoms with E-state index in [0.717, 1.165) is 19.4 Å². The third-order valence-electron chi connectivity index (χ3n) is 2.77. The van der Waals surface area contributed by atoms with Crippen LogP contribution in [0, 0.1) is 5.92 Å². The average molecular weight is 250 g/mol. The Kier molecular flexibility index (Phi) is 4.69. The largest absolute Gasteiger partial charge is 0.480 e. The molecule has 0 bridgehead atoms. The second-order valence-electron chi connectivity index (χ2n) is 4.05. The van der Waals surface area contributed by atoms with E-state index < -0.39 is 21.7 Å². The minimum absolute atomic E-state index is 0.433. The maximum absolute atomic E-state index is 11.6. The molecule has 0 spiro atoms. The van der Waals surface area contributed by atoms with Gasteiger partial charge in [0.05, 0.1) is 0 Å². The molecule has 7 heteroatoms. The average Bonchev–Trinajstić information content (AvgIpc) is 2.17. The second-order valence-corrected chi connectivity index (χ2v) is 6.02. The van der Waals surface area contributed by atoms with Gasteiger partial charge in [-0.05, 0) is 32.4 Å². The van der Waals surface area contributed by atoms with Crippen molar-refractivity contribution in [2.75, 3.05) is 32.4 Å². The number of rotatable bonds is 5. The normalized spacial score (nSPS) is 19.8. The van der Waals surface area contributed by atoms with Crippen molar-refractivity contribution in [3.05, 3.63) is 0 Å². The van der Waals surface area contributed by atoms with Crippen LogP contribution in [0.3, 0.4) is 0 Å². The van der Waals surface area contributed by atoms with Gasteiger partial charge in [-0.1, -0.05) is 0 Å². The molecular weight excluding hydrogens is 232 g/mol. The minimum Gasteiger partial charge on any atom is -0.480 e. The lowest BCUT2D eigenvalue weighted by molar-refractivity contribution is -0.134. The van der Waals surface area contributed by atoms with Crippen molar-refractivity contribution in [2.45, 2.75) is 12.8 Å². The summed E-state index contributed by atoms with van der Waals surface area (Å²) in [6.45, 7) is 1.75. The van der Waals surface area contributed by atoms with Crippen molar-refractivity contribution in [2.24, 2.45) is 5.92 Å². The molecule has 94 valence electrons. The molecule has 1 aliphatic heterocycles. The Hall–Kier alpha value is -0.660. The van der Waals surface area contributed by atoms with Gasteiger partial charge in [-0.2, -0.15) is 0 Å². The zero-order valence-corrected chi connectivity index (χ0v) is 10.2. The van der Waals surface area contributed by atoms with E-state index in [-0.39, 0.29) is 0 Å². The van der Waals surface area contributed by atoms with Crippen LogP contribution in [0.1, 0.15) is 12.8 Å². The van der Waals surface area contributed by atoms with Crippen molar-refractivity contribution in [1.29, 1.82) is 0 Å². The number of aliphatic carboxylic acids is 1. The fourth-order valence-electron chi connectivity index (χ4n) is 1.93. The Morgan fingerprint density at radius 2 is 2.00 bits per heavy atom. The van der Waals surface area contributed by atoms with Crippen molar-refractivity contribution in [3.63, 3.8) is 0 Å². The van der Waals surface area contributed by atoms with Gasteiger partial charge in [-0.3, -0.25) is 4.79 Å². The van der Waals surface area contributed by atoms with Gasteiger partial charge in [0.15, 0.2) is 5.75 Å². The minimum atomic E-state index is -3.61. The fourth-order valence-corrected chi connectivity index (χ4v) is 3.19. The molecule has 2 N–H and O–H groups in total. The molecule has 0 aromatic carbocycles. The third kappa shape index (κ3) is 3.73. The van der Waals surface area contributed by atoms with Crippen molar-refractivity contribution < 1.29 is 18.3 Å². The van der Waals surface area contributed by atoms with Gasteiger partial charge in [0, 0.05) is 13.1 Å². The van der Waals surface area contributed by atoms with Gasteiger partial charge in [0.2, 0.25) is 10.0 Å². The summed E-state index contributed by atoms with van der Waals surface area (Å²) in [7, 11) is -1.74. The molecule has 0 aliphatic carbocycles. The smallest absolute Gasteiger partial charge is 0.320 e. The summed E-state index contributed by atoms with van der Waals surface area (Å²) in [6.07, 6.45) is 1.58. The van der Waals surface area contributed by atoms with Crippen LogP contribution < -0.4 is 5.32 Å². The molecule has 1 rings (SSSR count). The molecular formula is C9H18N2O4S. The first kappa shape index (κ1) is 13.4. The molecule has 1 heterocycles. The highest BCUT2D eigenvalue weighted by Gasteiger charge is 2.29. The quantitative estimate of drug-likeness (QED) is 0.676. The summed E-state index contributed by atoms with van der Waals surface area (Å²) in [4.78, 5) is 10.4. The summed E-state index contributed by atoms with van der Waals surface area (Å²) in [5.41, 5.74) is 0. The lowest BCUT2D eigenvalue weighted by atomic mass is 9.98. The van der Waals surface area contributed by atoms with Crippen LogP contribution in [0.2, 0.25) is 0 Å². The molecule has 0 aromatic heterocycles. The predicted octanol–water partition coefficient (Wildman–Crippen LogP) is -0.668. The predicted molar refractivity (Wildman–Crippen MR) is 59.6 cm³/mol. The van der Waals surface area contributed by atoms with Crippen LogP contribution in [0.5, 0.6) is 0 Å². The number of carboxylic acid groups (broad SMARTS) is 1. The Labute approximate surface area is 95.7 Å². The Balaban J connectivity index is 2.50. The Morgan fingerprint density at radius 3 is 2.44 bits per heavy atom. The molecule has 0 saturated carbocycles. The number of nitrogens with one attached hydrogen (secondary N) is 1. The first-order chi connectivity index (χ1) is 7.45. The molecule has 16 heavy (non-hydrogen) atoms. The Morgan fingerprint density at radius 1 is 1.44 bits per heavy atom. The van der Waals surface area contributed by atoms with Crippen LogP contribution in [-0.4, -0.2) is 56.2 Å². The number of sulfonamides is 1. The number of carbonyl (C=O) groups is 1. The monoisotopic (exact) mass is 250 g/mol. The molecule has 1 fully saturated rings. The zero-order chi connectivity index (χ0) is 12.2. The topological polar surface area (TPSA) is 86.7 Å². The maximum atomic E-state index is 11.6. The molecule has 0 atom stereocenters. The number of nitrogens with zero attached hydrogens (tertiary/aromatic N) is 1. The molecule has 0 aromatic rings. The van der Waals surface area contributed by atoms with Gasteiger partial charge in [0.1, 0.15) is 0 Å². The highest BCUT2D eigenvalue weighted by molar-refractivity contribution is 7.89. The zero-order valence-electron chi connectivity index (χ0n) is 9.35. The fraction of sp³-hybridized carbons (Fsp3) is 0.889. The highest BCUT2D eigenvalue weighted by atomic mass is 32.2. The van der Waals surface area contributed by atoms with E-state index in [4.69, 9.17) is 5.11 Å². The van der Waals surface area contributed by atoms with Crippen LogP contribution in [0.4, 0.5) is 0 Å². The van der Waals surface area contributed by atoms with E-state index in [9.17, 15) is 13.2 Å². The summed E-state index contributed by atoms with van der Waals surface area (Å²) >= 11 is 0. The summed E-state index contributed by atoms with van der Waals surface area (Å²) in [5.74, 6) is -1.61. The molecule has 6 nitrogen and oxygen atoms in total. The van der Waals surface area contributed by atoms with Crippen molar-refractivity contribution in [3.8, 4) is 0 Å². The van der Waals surface area contributed by atoms with Crippen LogP contribution in [-0.2, 0) is 14.8 Å². The molecule has 1 saturated heterocycles. The molecule has 0 radical (unpaired) electrons. The van der Waals surface area contributed by atoms with Gasteiger partial charge in [-0.25, -0.2) is 12.7 Å². The number of hydrogen-bond acceptors (Lipinski definition) is 4. The van der Waals surface area contributed by atoms with E-state index >= 15 is 0 Å². The van der Waals surface area contributed by atoms with Crippen molar-refractivity contribution >= 4 is 16.0 Å². The van der Waals surface area contributed by atoms with E-state index in [1.54, 1.807) is 0 Å². The van der Waals surface area contributed by atoms with Gasteiger partial charge in [0.25, 0.3) is 0 Å². The SMILES string of the molecule is CNCC1CCN(S(=O)(=O)CC(=O)O)CC1. The lowest BCUT2D eigenvalue weighted by Gasteiger charge is -2.30. The van der Waals surface area contributed by atoms with Gasteiger partial charge in [-0.15, -0.1) is 0 Å². The summed E-state index contributed by atoms with van der Waals surface area (Å²) in [5, 5.41) is 11.6. The van der Waals surface area contributed by atoms with E-state index in [0.29, 0.717) is 19.0 Å². The first-order valence-electron chi connectivity index (χ1n) is 5.30. The molecule has 1 aliphatic rings. The van der Waals surface area contributed by atoms with E-state index in [1.807, 2.05) is 7.05 Å². The standard InChI is InChI=1S/C9H18N2O4S/c1-10-6-8-2-4-11(5-3-8)16(14,15)7-9(12)13/h8,10H,2-7H2,1H3,(H,12,13). The van der Waals surface area contributed by atoms with Gasteiger partial charge < -0.3 is 10.4 Å². The number of hydrogen-bond donors (Lipinski definition) is 2. The Bertz CT molecular complexity index is 333. The van der Waals surface area contributed by atoms with Gasteiger partial charge >= 0.3 is 5.97 Å². The van der Waals surface area contributed by atoms with E-state index in [2.05, 4.69) is 5.32 Å². The number of carboxylic acids is 1. The molecule has 0 amide bonds. The van der Waals surface area contributed by atoms with Crippen molar-refractivity contribution in [1.82, 2.24) is 9.62 Å². The molecule has 0 unspecified atom stereocenters. The summed E-state index contributed by atoms with van der Waals surface area (Å²) < 4.78 is 24.5. The van der Waals surface area contributed by atoms with E-state index in [1.165, 1.54) is 4.31 Å². The van der Waals surface area contributed by atoms with Crippen LogP contribution in [0.25, 0.3) is 0 Å². The number of piperidine rings is 1. The van der Waals surface area contributed by atoms with Crippen LogP contribution >= 0.6 is 0 Å². The second kappa shape index (κ2) is 5.60. The lowest BCUT2D eigenvalue weighted by Crippen LogP contribution is -2.42. The highest BCUT2D eigenvalue weighted by Crippen LogP contribution is 2.19. The van der Waals surface area contributed by atoms with Crippen LogP contribution in [0.15, 0.2) is 0 Å². The maximum Gasteiger partial charge on any atom is 0.320 e. The summed E-state index contributed by atoms with van der Waals surface area (Å²) in [6, 6.07) is 0.